The lowest BCUT2D eigenvalue weighted by Crippen LogP contribution is -2.50. The van der Waals surface area contributed by atoms with E-state index in [9.17, 15) is 26.4 Å². The summed E-state index contributed by atoms with van der Waals surface area (Å²) in [6.45, 7) is 1.07. The Labute approximate surface area is 143 Å². The number of carbonyl (C=O) groups is 1. The number of halogens is 3. The molecule has 0 N–H and O–H groups in total. The van der Waals surface area contributed by atoms with Crippen molar-refractivity contribution < 1.29 is 26.4 Å². The molecule has 6 nitrogen and oxygen atoms in total. The van der Waals surface area contributed by atoms with E-state index < -0.39 is 21.9 Å². The van der Waals surface area contributed by atoms with Crippen molar-refractivity contribution in [2.45, 2.75) is 42.8 Å². The number of hydrogen-bond acceptors (Lipinski definition) is 4. The molecule has 0 bridgehead atoms. The zero-order chi connectivity index (χ0) is 18.2. The smallest absolute Gasteiger partial charge is 0.338 e. The molecule has 0 aliphatic carbocycles. The van der Waals surface area contributed by atoms with Crippen LogP contribution in [0.5, 0.6) is 0 Å². The van der Waals surface area contributed by atoms with Gasteiger partial charge in [-0.15, -0.1) is 0 Å². The molecule has 2 saturated heterocycles. The molecule has 10 heteroatoms. The molecule has 1 amide bonds. The highest BCUT2D eigenvalue weighted by Crippen LogP contribution is 2.29. The molecule has 1 aromatic rings. The van der Waals surface area contributed by atoms with Crippen LogP contribution in [0.3, 0.4) is 0 Å². The minimum absolute atomic E-state index is 0.0282. The fourth-order valence-electron chi connectivity index (χ4n) is 3.30. The van der Waals surface area contributed by atoms with Crippen LogP contribution in [-0.4, -0.2) is 54.2 Å². The van der Waals surface area contributed by atoms with Crippen LogP contribution >= 0.6 is 0 Å². The van der Waals surface area contributed by atoms with Crippen molar-refractivity contribution in [2.24, 2.45) is 0 Å². The van der Waals surface area contributed by atoms with Crippen molar-refractivity contribution in [3.8, 4) is 0 Å². The molecule has 25 heavy (non-hydrogen) atoms. The van der Waals surface area contributed by atoms with Crippen LogP contribution in [0.2, 0.25) is 0 Å². The summed E-state index contributed by atoms with van der Waals surface area (Å²) < 4.78 is 64.3. The number of hydrogen-bond donors (Lipinski definition) is 0. The summed E-state index contributed by atoms with van der Waals surface area (Å²) >= 11 is 0. The zero-order valence-electron chi connectivity index (χ0n) is 13.4. The van der Waals surface area contributed by atoms with E-state index in [4.69, 9.17) is 0 Å². The normalized spacial score (nSPS) is 23.2. The number of carbonyl (C=O) groups excluding carboxylic acids is 1. The van der Waals surface area contributed by atoms with E-state index in [0.717, 1.165) is 25.1 Å². The number of amides is 1. The van der Waals surface area contributed by atoms with E-state index in [1.165, 1.54) is 4.31 Å². The average molecular weight is 377 g/mol. The third-order valence-electron chi connectivity index (χ3n) is 4.57. The SMILES string of the molecule is O=C1CCCN1[C@@H]1CCCN(S(=O)(=O)c2ccc(C(F)(F)F)nc2)C1. The van der Waals surface area contributed by atoms with E-state index in [-0.39, 0.29) is 29.9 Å². The van der Waals surface area contributed by atoms with E-state index in [1.807, 2.05) is 0 Å². The Balaban J connectivity index is 1.78. The average Bonchev–Trinajstić information content (AvgIpc) is 3.00. The number of sulfonamides is 1. The third-order valence-corrected chi connectivity index (χ3v) is 6.42. The molecular formula is C15H18F3N3O3S. The lowest BCUT2D eigenvalue weighted by molar-refractivity contribution is -0.141. The lowest BCUT2D eigenvalue weighted by atomic mass is 10.1. The molecule has 0 aromatic carbocycles. The van der Waals surface area contributed by atoms with Gasteiger partial charge in [-0.3, -0.25) is 9.78 Å². The van der Waals surface area contributed by atoms with Gasteiger partial charge in [-0.05, 0) is 31.4 Å². The predicted molar refractivity (Wildman–Crippen MR) is 82.0 cm³/mol. The molecular weight excluding hydrogens is 359 g/mol. The van der Waals surface area contributed by atoms with Gasteiger partial charge < -0.3 is 4.90 Å². The van der Waals surface area contributed by atoms with Gasteiger partial charge in [0.25, 0.3) is 0 Å². The molecule has 0 spiro atoms. The summed E-state index contributed by atoms with van der Waals surface area (Å²) in [5.74, 6) is 0.0282. The first-order chi connectivity index (χ1) is 11.7. The van der Waals surface area contributed by atoms with Gasteiger partial charge in [-0.1, -0.05) is 0 Å². The van der Waals surface area contributed by atoms with Gasteiger partial charge >= 0.3 is 6.18 Å². The first-order valence-corrected chi connectivity index (χ1v) is 9.46. The molecule has 2 aliphatic heterocycles. The monoisotopic (exact) mass is 377 g/mol. The minimum atomic E-state index is -4.62. The van der Waals surface area contributed by atoms with Gasteiger partial charge in [0.05, 0.1) is 0 Å². The Morgan fingerprint density at radius 2 is 1.92 bits per heavy atom. The molecule has 1 aromatic heterocycles. The summed E-state index contributed by atoms with van der Waals surface area (Å²) in [4.78, 5) is 16.5. The summed E-state index contributed by atoms with van der Waals surface area (Å²) in [6.07, 6.45) is -1.31. The van der Waals surface area contributed by atoms with Crippen LogP contribution in [0.1, 0.15) is 31.4 Å². The summed E-state index contributed by atoms with van der Waals surface area (Å²) in [6, 6.07) is 1.41. The van der Waals surface area contributed by atoms with Crippen LogP contribution in [0.4, 0.5) is 13.2 Å². The van der Waals surface area contributed by atoms with Crippen LogP contribution in [0.15, 0.2) is 23.2 Å². The number of rotatable bonds is 3. The van der Waals surface area contributed by atoms with Gasteiger partial charge in [0, 0.05) is 38.3 Å². The van der Waals surface area contributed by atoms with E-state index in [1.54, 1.807) is 4.90 Å². The number of alkyl halides is 3. The van der Waals surface area contributed by atoms with Crippen LogP contribution in [-0.2, 0) is 21.0 Å². The van der Waals surface area contributed by atoms with Crippen molar-refractivity contribution in [3.63, 3.8) is 0 Å². The van der Waals surface area contributed by atoms with Gasteiger partial charge in [0.2, 0.25) is 15.9 Å². The molecule has 1 atom stereocenters. The zero-order valence-corrected chi connectivity index (χ0v) is 14.2. The molecule has 2 fully saturated rings. The molecule has 0 saturated carbocycles. The standard InChI is InChI=1S/C15H18F3N3O3S/c16-15(17,18)13-6-5-12(9-19-13)25(23,24)20-7-1-3-11(10-20)21-8-2-4-14(21)22/h5-6,9,11H,1-4,7-8,10H2/t11-/m1/s1. The number of piperidine rings is 1. The second kappa shape index (κ2) is 6.56. The Hall–Kier alpha value is -1.68. The fourth-order valence-corrected chi connectivity index (χ4v) is 4.76. The van der Waals surface area contributed by atoms with Crippen LogP contribution in [0.25, 0.3) is 0 Å². The Kier molecular flexibility index (Phi) is 4.76. The van der Waals surface area contributed by atoms with Crippen molar-refractivity contribution in [1.29, 1.82) is 0 Å². The summed E-state index contributed by atoms with van der Waals surface area (Å²) in [7, 11) is -3.94. The maximum absolute atomic E-state index is 12.7. The highest BCUT2D eigenvalue weighted by Gasteiger charge is 2.37. The van der Waals surface area contributed by atoms with E-state index in [2.05, 4.69) is 4.98 Å². The van der Waals surface area contributed by atoms with E-state index >= 15 is 0 Å². The fraction of sp³-hybridized carbons (Fsp3) is 0.600. The number of pyridine rings is 1. The van der Waals surface area contributed by atoms with Gasteiger partial charge in [0.1, 0.15) is 10.6 Å². The first kappa shape index (κ1) is 18.1. The van der Waals surface area contributed by atoms with Crippen molar-refractivity contribution in [2.75, 3.05) is 19.6 Å². The molecule has 3 rings (SSSR count). The van der Waals surface area contributed by atoms with Gasteiger partial charge in [-0.2, -0.15) is 17.5 Å². The molecule has 3 heterocycles. The predicted octanol–water partition coefficient (Wildman–Crippen LogP) is 1.88. The molecule has 138 valence electrons. The Morgan fingerprint density at radius 1 is 1.16 bits per heavy atom. The van der Waals surface area contributed by atoms with Gasteiger partial charge in [0.15, 0.2) is 0 Å². The molecule has 0 unspecified atom stereocenters. The highest BCUT2D eigenvalue weighted by molar-refractivity contribution is 7.89. The Morgan fingerprint density at radius 3 is 2.48 bits per heavy atom. The van der Waals surface area contributed by atoms with Gasteiger partial charge in [-0.25, -0.2) is 8.42 Å². The highest BCUT2D eigenvalue weighted by atomic mass is 32.2. The molecule has 0 radical (unpaired) electrons. The van der Waals surface area contributed by atoms with Crippen molar-refractivity contribution >= 4 is 15.9 Å². The first-order valence-electron chi connectivity index (χ1n) is 8.02. The topological polar surface area (TPSA) is 70.6 Å². The molecule has 2 aliphatic rings. The maximum atomic E-state index is 12.7. The maximum Gasteiger partial charge on any atom is 0.433 e. The number of likely N-dealkylation sites (tertiary alicyclic amines) is 1. The summed E-state index contributed by atoms with van der Waals surface area (Å²) in [5.41, 5.74) is -1.13. The quantitative estimate of drug-likeness (QED) is 0.806. The minimum Gasteiger partial charge on any atom is -0.338 e. The number of aromatic nitrogens is 1. The summed E-state index contributed by atoms with van der Waals surface area (Å²) in [5, 5.41) is 0. The van der Waals surface area contributed by atoms with E-state index in [0.29, 0.717) is 25.5 Å². The van der Waals surface area contributed by atoms with Crippen LogP contribution in [0, 0.1) is 0 Å². The third kappa shape index (κ3) is 3.64. The second-order valence-corrected chi connectivity index (χ2v) is 8.16. The number of nitrogens with zero attached hydrogens (tertiary/aromatic N) is 3. The van der Waals surface area contributed by atoms with Crippen molar-refractivity contribution in [3.05, 3.63) is 24.0 Å². The Bertz CT molecular complexity index is 750. The van der Waals surface area contributed by atoms with Crippen LogP contribution < -0.4 is 0 Å². The lowest BCUT2D eigenvalue weighted by Gasteiger charge is -2.36. The van der Waals surface area contributed by atoms with Crippen molar-refractivity contribution in [1.82, 2.24) is 14.2 Å². The largest absolute Gasteiger partial charge is 0.433 e. The second-order valence-electron chi connectivity index (χ2n) is 6.23.